The summed E-state index contributed by atoms with van der Waals surface area (Å²) in [7, 11) is 3.35. The Kier molecular flexibility index (Phi) is 6.12. The molecular formula is C21H21BrN2O2. The van der Waals surface area contributed by atoms with Gasteiger partial charge in [-0.15, -0.1) is 0 Å². The highest BCUT2D eigenvalue weighted by molar-refractivity contribution is 9.10. The molecule has 0 bridgehead atoms. The third-order valence-corrected chi connectivity index (χ3v) is 4.72. The van der Waals surface area contributed by atoms with Gasteiger partial charge >= 0.3 is 0 Å². The zero-order chi connectivity index (χ0) is 18.4. The summed E-state index contributed by atoms with van der Waals surface area (Å²) in [4.78, 5) is 6.81. The van der Waals surface area contributed by atoms with E-state index < -0.39 is 0 Å². The van der Waals surface area contributed by atoms with E-state index in [1.807, 2.05) is 42.6 Å². The summed E-state index contributed by atoms with van der Waals surface area (Å²) < 4.78 is 11.5. The van der Waals surface area contributed by atoms with Crippen molar-refractivity contribution in [1.82, 2.24) is 4.98 Å². The maximum absolute atomic E-state index is 5.25. The molecule has 0 saturated heterocycles. The SMILES string of the molecule is COc1ccc(CN(Cc2ccc(OC)cc2)c2ncccc2Br)cc1. The van der Waals surface area contributed by atoms with Crippen molar-refractivity contribution < 1.29 is 9.47 Å². The zero-order valence-corrected chi connectivity index (χ0v) is 16.4. The Morgan fingerprint density at radius 2 is 1.31 bits per heavy atom. The molecule has 0 N–H and O–H groups in total. The van der Waals surface area contributed by atoms with Crippen LogP contribution >= 0.6 is 15.9 Å². The lowest BCUT2D eigenvalue weighted by molar-refractivity contribution is 0.414. The molecule has 0 aliphatic heterocycles. The van der Waals surface area contributed by atoms with Crippen molar-refractivity contribution in [2.75, 3.05) is 19.1 Å². The molecule has 0 radical (unpaired) electrons. The van der Waals surface area contributed by atoms with E-state index in [1.54, 1.807) is 14.2 Å². The van der Waals surface area contributed by atoms with E-state index >= 15 is 0 Å². The Morgan fingerprint density at radius 3 is 1.73 bits per heavy atom. The van der Waals surface area contributed by atoms with Crippen molar-refractivity contribution in [2.45, 2.75) is 13.1 Å². The summed E-state index contributed by atoms with van der Waals surface area (Å²) in [5.41, 5.74) is 2.38. The molecule has 0 aliphatic rings. The van der Waals surface area contributed by atoms with Crippen molar-refractivity contribution in [2.24, 2.45) is 0 Å². The van der Waals surface area contributed by atoms with Crippen LogP contribution in [0, 0.1) is 0 Å². The highest BCUT2D eigenvalue weighted by Crippen LogP contribution is 2.27. The monoisotopic (exact) mass is 412 g/mol. The molecular weight excluding hydrogens is 392 g/mol. The molecule has 1 heterocycles. The molecule has 0 amide bonds. The number of aromatic nitrogens is 1. The average molecular weight is 413 g/mol. The van der Waals surface area contributed by atoms with E-state index in [2.05, 4.69) is 50.1 Å². The van der Waals surface area contributed by atoms with Crippen LogP contribution < -0.4 is 14.4 Å². The predicted molar refractivity (Wildman–Crippen MR) is 108 cm³/mol. The summed E-state index contributed by atoms with van der Waals surface area (Å²) in [5, 5.41) is 0. The van der Waals surface area contributed by atoms with Gasteiger partial charge in [0, 0.05) is 19.3 Å². The minimum Gasteiger partial charge on any atom is -0.497 e. The second-order valence-electron chi connectivity index (χ2n) is 5.86. The molecule has 0 spiro atoms. The van der Waals surface area contributed by atoms with Crippen molar-refractivity contribution >= 4 is 21.7 Å². The molecule has 5 heteroatoms. The van der Waals surface area contributed by atoms with Crippen LogP contribution in [0.4, 0.5) is 5.82 Å². The average Bonchev–Trinajstić information content (AvgIpc) is 2.69. The number of halogens is 1. The van der Waals surface area contributed by atoms with Gasteiger partial charge in [0.25, 0.3) is 0 Å². The second-order valence-corrected chi connectivity index (χ2v) is 6.72. The third kappa shape index (κ3) is 4.55. The van der Waals surface area contributed by atoms with E-state index in [4.69, 9.17) is 9.47 Å². The lowest BCUT2D eigenvalue weighted by Gasteiger charge is -2.25. The Morgan fingerprint density at radius 1 is 0.808 bits per heavy atom. The number of anilines is 1. The summed E-state index contributed by atoms with van der Waals surface area (Å²) in [6.45, 7) is 1.48. The number of ether oxygens (including phenoxy) is 2. The first-order valence-corrected chi connectivity index (χ1v) is 9.10. The lowest BCUT2D eigenvalue weighted by atomic mass is 10.1. The van der Waals surface area contributed by atoms with E-state index in [1.165, 1.54) is 11.1 Å². The topological polar surface area (TPSA) is 34.6 Å². The van der Waals surface area contributed by atoms with E-state index in [-0.39, 0.29) is 0 Å². The number of hydrogen-bond acceptors (Lipinski definition) is 4. The molecule has 0 aliphatic carbocycles. The first kappa shape index (κ1) is 18.3. The summed E-state index contributed by atoms with van der Waals surface area (Å²) >= 11 is 3.63. The minimum absolute atomic E-state index is 0.742. The van der Waals surface area contributed by atoms with E-state index in [9.17, 15) is 0 Å². The molecule has 0 unspecified atom stereocenters. The molecule has 134 valence electrons. The molecule has 0 saturated carbocycles. The van der Waals surface area contributed by atoms with Gasteiger partial charge in [0.15, 0.2) is 0 Å². The van der Waals surface area contributed by atoms with Gasteiger partial charge < -0.3 is 14.4 Å². The number of rotatable bonds is 7. The van der Waals surface area contributed by atoms with Gasteiger partial charge in [0.05, 0.1) is 18.7 Å². The number of methoxy groups -OCH3 is 2. The fraction of sp³-hybridized carbons (Fsp3) is 0.190. The van der Waals surface area contributed by atoms with Gasteiger partial charge in [0.1, 0.15) is 17.3 Å². The van der Waals surface area contributed by atoms with E-state index in [0.717, 1.165) is 34.9 Å². The largest absolute Gasteiger partial charge is 0.497 e. The number of hydrogen-bond donors (Lipinski definition) is 0. The Balaban J connectivity index is 1.86. The highest BCUT2D eigenvalue weighted by atomic mass is 79.9. The molecule has 4 nitrogen and oxygen atoms in total. The predicted octanol–water partition coefficient (Wildman–Crippen LogP) is 5.07. The van der Waals surface area contributed by atoms with Gasteiger partial charge in [-0.1, -0.05) is 24.3 Å². The quantitative estimate of drug-likeness (QED) is 0.542. The van der Waals surface area contributed by atoms with Crippen LogP contribution in [0.5, 0.6) is 11.5 Å². The van der Waals surface area contributed by atoms with Crippen LogP contribution in [0.25, 0.3) is 0 Å². The maximum Gasteiger partial charge on any atom is 0.143 e. The summed E-state index contributed by atoms with van der Waals surface area (Å²) in [5.74, 6) is 2.63. The Bertz CT molecular complexity index is 786. The smallest absolute Gasteiger partial charge is 0.143 e. The Hall–Kier alpha value is -2.53. The normalized spacial score (nSPS) is 10.4. The fourth-order valence-electron chi connectivity index (χ4n) is 2.72. The fourth-order valence-corrected chi connectivity index (χ4v) is 3.22. The van der Waals surface area contributed by atoms with Gasteiger partial charge in [-0.25, -0.2) is 4.98 Å². The number of pyridine rings is 1. The maximum atomic E-state index is 5.25. The van der Waals surface area contributed by atoms with Crippen LogP contribution in [-0.4, -0.2) is 19.2 Å². The lowest BCUT2D eigenvalue weighted by Crippen LogP contribution is -2.23. The molecule has 26 heavy (non-hydrogen) atoms. The summed E-state index contributed by atoms with van der Waals surface area (Å²) in [6, 6.07) is 20.2. The van der Waals surface area contributed by atoms with Crippen molar-refractivity contribution in [1.29, 1.82) is 0 Å². The van der Waals surface area contributed by atoms with Crippen molar-refractivity contribution in [3.05, 3.63) is 82.5 Å². The van der Waals surface area contributed by atoms with Crippen LogP contribution in [0.2, 0.25) is 0 Å². The standard InChI is InChI=1S/C21H21BrN2O2/c1-25-18-9-5-16(6-10-18)14-24(21-20(22)4-3-13-23-21)15-17-7-11-19(26-2)12-8-17/h3-13H,14-15H2,1-2H3. The van der Waals surface area contributed by atoms with Gasteiger partial charge in [-0.2, -0.15) is 0 Å². The highest BCUT2D eigenvalue weighted by Gasteiger charge is 2.13. The first-order chi connectivity index (χ1) is 12.7. The molecule has 2 aromatic carbocycles. The van der Waals surface area contributed by atoms with Gasteiger partial charge in [-0.05, 0) is 63.5 Å². The van der Waals surface area contributed by atoms with Crippen molar-refractivity contribution in [3.63, 3.8) is 0 Å². The van der Waals surface area contributed by atoms with Gasteiger partial charge in [0.2, 0.25) is 0 Å². The second kappa shape index (κ2) is 8.72. The molecule has 1 aromatic heterocycles. The molecule has 0 atom stereocenters. The summed E-state index contributed by atoms with van der Waals surface area (Å²) in [6.07, 6.45) is 1.81. The number of benzene rings is 2. The molecule has 0 fully saturated rings. The third-order valence-electron chi connectivity index (χ3n) is 4.10. The Labute approximate surface area is 162 Å². The van der Waals surface area contributed by atoms with Crippen LogP contribution in [0.1, 0.15) is 11.1 Å². The van der Waals surface area contributed by atoms with Gasteiger partial charge in [-0.3, -0.25) is 0 Å². The molecule has 3 aromatic rings. The van der Waals surface area contributed by atoms with Crippen LogP contribution in [-0.2, 0) is 13.1 Å². The number of nitrogens with zero attached hydrogens (tertiary/aromatic N) is 2. The van der Waals surface area contributed by atoms with Crippen molar-refractivity contribution in [3.8, 4) is 11.5 Å². The minimum atomic E-state index is 0.742. The van der Waals surface area contributed by atoms with E-state index in [0.29, 0.717) is 0 Å². The van der Waals surface area contributed by atoms with Crippen LogP contribution in [0.3, 0.4) is 0 Å². The first-order valence-electron chi connectivity index (χ1n) is 8.31. The zero-order valence-electron chi connectivity index (χ0n) is 14.9. The molecule has 3 rings (SSSR count). The van der Waals surface area contributed by atoms with Crippen LogP contribution in [0.15, 0.2) is 71.3 Å².